The summed E-state index contributed by atoms with van der Waals surface area (Å²) < 4.78 is 47.0. The lowest BCUT2D eigenvalue weighted by Crippen LogP contribution is -2.53. The largest absolute Gasteiger partial charge is 0.291 e. The molecule has 0 spiro atoms. The van der Waals surface area contributed by atoms with Gasteiger partial charge in [0, 0.05) is 32.0 Å². The summed E-state index contributed by atoms with van der Waals surface area (Å²) in [5.41, 5.74) is 2.90. The minimum absolute atomic E-state index is 0.00717. The number of rotatable bonds is 8. The first-order valence-electron chi connectivity index (χ1n) is 14.4. The number of aromatic nitrogens is 7. The number of fused-ring (bicyclic) bond motifs is 2. The predicted molar refractivity (Wildman–Crippen MR) is 160 cm³/mol. The molecule has 44 heavy (non-hydrogen) atoms. The van der Waals surface area contributed by atoms with Crippen LogP contribution in [-0.2, 0) is 23.0 Å². The molecule has 1 saturated heterocycles. The van der Waals surface area contributed by atoms with Gasteiger partial charge < -0.3 is 0 Å². The molecule has 2 aliphatic rings. The Morgan fingerprint density at radius 3 is 2.73 bits per heavy atom. The number of H-pyrrole nitrogens is 1. The topological polar surface area (TPSA) is 132 Å². The highest BCUT2D eigenvalue weighted by molar-refractivity contribution is 7.89. The van der Waals surface area contributed by atoms with E-state index in [1.165, 1.54) is 22.6 Å². The van der Waals surface area contributed by atoms with Crippen molar-refractivity contribution in [3.05, 3.63) is 102 Å². The summed E-state index contributed by atoms with van der Waals surface area (Å²) in [6.07, 6.45) is 9.72. The van der Waals surface area contributed by atoms with Crippen LogP contribution in [0, 0.1) is 11.2 Å². The fraction of sp³-hybridized carbons (Fsp3) is 0.258. The number of benzene rings is 1. The van der Waals surface area contributed by atoms with Gasteiger partial charge in [0.15, 0.2) is 5.78 Å². The summed E-state index contributed by atoms with van der Waals surface area (Å²) in [5, 5.41) is 16.0. The van der Waals surface area contributed by atoms with E-state index in [1.807, 2.05) is 13.0 Å². The van der Waals surface area contributed by atoms with E-state index in [9.17, 15) is 17.6 Å². The van der Waals surface area contributed by atoms with E-state index < -0.39 is 15.4 Å². The minimum Gasteiger partial charge on any atom is -0.291 e. The number of pyridine rings is 1. The Kier molecular flexibility index (Phi) is 6.85. The molecule has 11 nitrogen and oxygen atoms in total. The Labute approximate surface area is 253 Å². The zero-order valence-electron chi connectivity index (χ0n) is 23.9. The first-order valence-corrected chi connectivity index (χ1v) is 15.8. The van der Waals surface area contributed by atoms with Gasteiger partial charge in [-0.3, -0.25) is 19.6 Å². The zero-order chi connectivity index (χ0) is 30.5. The maximum atomic E-state index is 14.4. The average Bonchev–Trinajstić information content (AvgIpc) is 3.80. The fourth-order valence-electron chi connectivity index (χ4n) is 6.19. The number of piperidine rings is 1. The van der Waals surface area contributed by atoms with Gasteiger partial charge in [-0.25, -0.2) is 17.5 Å². The fourth-order valence-corrected chi connectivity index (χ4v) is 7.79. The monoisotopic (exact) mass is 612 g/mol. The molecule has 5 aromatic rings. The van der Waals surface area contributed by atoms with Crippen LogP contribution in [0.2, 0.25) is 0 Å². The molecule has 224 valence electrons. The van der Waals surface area contributed by atoms with Crippen LogP contribution in [0.4, 0.5) is 4.39 Å². The van der Waals surface area contributed by atoms with Crippen molar-refractivity contribution in [2.24, 2.45) is 5.41 Å². The van der Waals surface area contributed by atoms with Crippen molar-refractivity contribution in [2.75, 3.05) is 13.1 Å². The number of nitrogens with zero attached hydrogens (tertiary/aromatic N) is 7. The standard InChI is InChI=1S/C31H29FN8O3S/c1-2-13-38-14-11-25(37-38)29-28(19-34-36-29)44(42,43)39-15-10-22-16-27-21(18-35-40(27)24-8-6-23(32)7-9-24)17-31(22,20-39)30(41)26-5-3-4-12-33-26/h3-9,11-12,14,16,18-19H,2,10,13,15,17,20H2,1H3,(H,34,36)/t31-/m0/s1. The van der Waals surface area contributed by atoms with Gasteiger partial charge in [0.1, 0.15) is 27.8 Å². The van der Waals surface area contributed by atoms with E-state index in [2.05, 4.69) is 25.4 Å². The first-order chi connectivity index (χ1) is 21.3. The van der Waals surface area contributed by atoms with Crippen LogP contribution in [-0.4, -0.2) is 66.3 Å². The first kappa shape index (κ1) is 28.0. The quantitative estimate of drug-likeness (QED) is 0.259. The van der Waals surface area contributed by atoms with Crippen molar-refractivity contribution in [1.29, 1.82) is 0 Å². The van der Waals surface area contributed by atoms with Crippen molar-refractivity contribution in [3.8, 4) is 17.1 Å². The van der Waals surface area contributed by atoms with Crippen LogP contribution in [0.1, 0.15) is 41.5 Å². The van der Waals surface area contributed by atoms with E-state index in [0.29, 0.717) is 30.0 Å². The Hall–Kier alpha value is -4.75. The number of halogens is 1. The second-order valence-electron chi connectivity index (χ2n) is 11.1. The normalized spacial score (nSPS) is 18.5. The molecule has 0 bridgehead atoms. The second-order valence-corrected chi connectivity index (χ2v) is 13.0. The Morgan fingerprint density at radius 1 is 1.11 bits per heavy atom. The molecule has 0 saturated carbocycles. The Bertz CT molecular complexity index is 2000. The summed E-state index contributed by atoms with van der Waals surface area (Å²) in [7, 11) is -4.09. The van der Waals surface area contributed by atoms with Crippen LogP contribution in [0.3, 0.4) is 0 Å². The van der Waals surface area contributed by atoms with Gasteiger partial charge in [0.05, 0.1) is 29.2 Å². The van der Waals surface area contributed by atoms with Gasteiger partial charge in [-0.1, -0.05) is 18.6 Å². The van der Waals surface area contributed by atoms with Crippen molar-refractivity contribution in [2.45, 2.75) is 37.6 Å². The Morgan fingerprint density at radius 2 is 1.95 bits per heavy atom. The van der Waals surface area contributed by atoms with Gasteiger partial charge in [0.25, 0.3) is 0 Å². The third kappa shape index (κ3) is 4.59. The van der Waals surface area contributed by atoms with Crippen molar-refractivity contribution >= 4 is 21.9 Å². The number of carbonyl (C=O) groups excluding carboxylic acids is 1. The highest BCUT2D eigenvalue weighted by Crippen LogP contribution is 2.47. The number of sulfonamides is 1. The SMILES string of the molecule is CCCn1ccc(-c2[nH]ncc2S(=O)(=O)N2CCC3=Cc4c(cnn4-c4ccc(F)cc4)C[C@]3(C(=O)c3ccccn3)C2)n1. The molecular formula is C31H29FN8O3S. The molecule has 1 N–H and O–H groups in total. The van der Waals surface area contributed by atoms with E-state index >= 15 is 0 Å². The number of ketones is 1. The van der Waals surface area contributed by atoms with Crippen molar-refractivity contribution in [3.63, 3.8) is 0 Å². The molecule has 13 heteroatoms. The molecule has 1 aliphatic heterocycles. The van der Waals surface area contributed by atoms with Gasteiger partial charge in [-0.05, 0) is 73.4 Å². The number of carbonyl (C=O) groups is 1. The van der Waals surface area contributed by atoms with Crippen LogP contribution >= 0.6 is 0 Å². The number of hydrogen-bond acceptors (Lipinski definition) is 7. The molecule has 0 amide bonds. The van der Waals surface area contributed by atoms with Crippen LogP contribution in [0.15, 0.2) is 83.8 Å². The third-order valence-electron chi connectivity index (χ3n) is 8.36. The summed E-state index contributed by atoms with van der Waals surface area (Å²) in [4.78, 5) is 18.7. The molecular weight excluding hydrogens is 583 g/mol. The Balaban J connectivity index is 1.29. The minimum atomic E-state index is -4.09. The molecule has 7 rings (SSSR count). The average molecular weight is 613 g/mol. The van der Waals surface area contributed by atoms with E-state index in [0.717, 1.165) is 23.3 Å². The molecule has 5 heterocycles. The summed E-state index contributed by atoms with van der Waals surface area (Å²) in [6, 6.07) is 12.9. The van der Waals surface area contributed by atoms with Gasteiger partial charge in [-0.15, -0.1) is 0 Å². The lowest BCUT2D eigenvalue weighted by Gasteiger charge is -2.44. The van der Waals surface area contributed by atoms with Gasteiger partial charge >= 0.3 is 0 Å². The molecule has 1 aliphatic carbocycles. The highest BCUT2D eigenvalue weighted by Gasteiger charge is 2.51. The molecule has 1 fully saturated rings. The molecule has 1 aromatic carbocycles. The van der Waals surface area contributed by atoms with Crippen LogP contribution < -0.4 is 0 Å². The number of aromatic amines is 1. The zero-order valence-corrected chi connectivity index (χ0v) is 24.7. The van der Waals surface area contributed by atoms with E-state index in [-0.39, 0.29) is 41.7 Å². The summed E-state index contributed by atoms with van der Waals surface area (Å²) in [6.45, 7) is 2.83. The van der Waals surface area contributed by atoms with Crippen LogP contribution in [0.5, 0.6) is 0 Å². The highest BCUT2D eigenvalue weighted by atomic mass is 32.2. The number of aryl methyl sites for hydroxylation is 1. The summed E-state index contributed by atoms with van der Waals surface area (Å²) in [5.74, 6) is -0.605. The molecule has 0 unspecified atom stereocenters. The summed E-state index contributed by atoms with van der Waals surface area (Å²) >= 11 is 0. The van der Waals surface area contributed by atoms with Crippen LogP contribution in [0.25, 0.3) is 23.2 Å². The second kappa shape index (κ2) is 10.8. The lowest BCUT2D eigenvalue weighted by molar-refractivity contribution is 0.0770. The maximum Gasteiger partial charge on any atom is 0.246 e. The van der Waals surface area contributed by atoms with E-state index in [1.54, 1.807) is 64.4 Å². The number of hydrogen-bond donors (Lipinski definition) is 1. The third-order valence-corrected chi connectivity index (χ3v) is 10.2. The number of Topliss-reactive ketones (excluding diaryl/α,β-unsaturated/α-hetero) is 1. The molecule has 4 aromatic heterocycles. The van der Waals surface area contributed by atoms with Crippen molar-refractivity contribution < 1.29 is 17.6 Å². The smallest absolute Gasteiger partial charge is 0.246 e. The van der Waals surface area contributed by atoms with Crippen molar-refractivity contribution in [1.82, 2.24) is 39.0 Å². The maximum absolute atomic E-state index is 14.4. The van der Waals surface area contributed by atoms with E-state index in [4.69, 9.17) is 0 Å². The molecule has 0 radical (unpaired) electrons. The van der Waals surface area contributed by atoms with Gasteiger partial charge in [-0.2, -0.15) is 19.6 Å². The molecule has 1 atom stereocenters. The lowest BCUT2D eigenvalue weighted by atomic mass is 9.65. The number of nitrogens with one attached hydrogen (secondary N) is 1. The van der Waals surface area contributed by atoms with Gasteiger partial charge in [0.2, 0.25) is 10.0 Å². The predicted octanol–water partition coefficient (Wildman–Crippen LogP) is 4.31.